The fourth-order valence-corrected chi connectivity index (χ4v) is 4.63. The number of hydrogen-bond acceptors (Lipinski definition) is 4. The minimum atomic E-state index is -3.65. The summed E-state index contributed by atoms with van der Waals surface area (Å²) < 4.78 is 27.0. The minimum Gasteiger partial charge on any atom is -0.478 e. The SMILES string of the molecule is CCN(CC)[C@@H]1CCN(S(=O)(=O)c2ccc(C)c(C(=O)O)c2)C1. The third-order valence-electron chi connectivity index (χ3n) is 4.53. The number of carboxylic acid groups (broad SMARTS) is 1. The van der Waals surface area contributed by atoms with Crippen molar-refractivity contribution in [2.45, 2.75) is 38.1 Å². The molecule has 1 N–H and O–H groups in total. The van der Waals surface area contributed by atoms with Gasteiger partial charge in [0.1, 0.15) is 0 Å². The van der Waals surface area contributed by atoms with Crippen LogP contribution in [0.25, 0.3) is 0 Å². The first-order valence-corrected chi connectivity index (χ1v) is 9.33. The summed E-state index contributed by atoms with van der Waals surface area (Å²) in [6.45, 7) is 8.51. The normalized spacial score (nSPS) is 19.4. The number of hydrogen-bond donors (Lipinski definition) is 1. The van der Waals surface area contributed by atoms with Crippen molar-refractivity contribution in [1.29, 1.82) is 0 Å². The highest BCUT2D eigenvalue weighted by molar-refractivity contribution is 7.89. The Labute approximate surface area is 137 Å². The third kappa shape index (κ3) is 3.57. The first kappa shape index (κ1) is 17.9. The number of benzene rings is 1. The molecule has 1 aliphatic rings. The van der Waals surface area contributed by atoms with Crippen molar-refractivity contribution >= 4 is 16.0 Å². The maximum absolute atomic E-state index is 12.8. The van der Waals surface area contributed by atoms with Gasteiger partial charge in [0.25, 0.3) is 0 Å². The number of nitrogens with zero attached hydrogens (tertiary/aromatic N) is 2. The van der Waals surface area contributed by atoms with Crippen molar-refractivity contribution in [3.8, 4) is 0 Å². The molecule has 0 amide bonds. The smallest absolute Gasteiger partial charge is 0.335 e. The Morgan fingerprint density at radius 1 is 1.35 bits per heavy atom. The van der Waals surface area contributed by atoms with Crippen LogP contribution >= 0.6 is 0 Å². The standard InChI is InChI=1S/C16H24N2O4S/c1-4-17(5-2)13-8-9-18(11-13)23(21,22)14-7-6-12(3)15(10-14)16(19)20/h6-7,10,13H,4-5,8-9,11H2,1-3H3,(H,19,20)/t13-/m1/s1. The second-order valence-corrected chi connectivity index (χ2v) is 7.75. The van der Waals surface area contributed by atoms with Crippen LogP contribution in [0.4, 0.5) is 0 Å². The van der Waals surface area contributed by atoms with E-state index in [1.54, 1.807) is 13.0 Å². The molecule has 0 radical (unpaired) electrons. The van der Waals surface area contributed by atoms with Gasteiger partial charge in [-0.1, -0.05) is 19.9 Å². The molecular formula is C16H24N2O4S. The fraction of sp³-hybridized carbons (Fsp3) is 0.562. The zero-order chi connectivity index (χ0) is 17.2. The van der Waals surface area contributed by atoms with E-state index in [0.717, 1.165) is 19.5 Å². The largest absolute Gasteiger partial charge is 0.478 e. The first-order chi connectivity index (χ1) is 10.8. The summed E-state index contributed by atoms with van der Waals surface area (Å²) in [7, 11) is -3.65. The summed E-state index contributed by atoms with van der Waals surface area (Å²) in [6.07, 6.45) is 0.804. The Hall–Kier alpha value is -1.44. The lowest BCUT2D eigenvalue weighted by Gasteiger charge is -2.26. The summed E-state index contributed by atoms with van der Waals surface area (Å²) in [5.74, 6) is -1.11. The number of sulfonamides is 1. The minimum absolute atomic E-state index is 0.0329. The van der Waals surface area contributed by atoms with Crippen molar-refractivity contribution in [3.05, 3.63) is 29.3 Å². The van der Waals surface area contributed by atoms with Gasteiger partial charge in [-0.05, 0) is 44.1 Å². The van der Waals surface area contributed by atoms with Crippen molar-refractivity contribution in [3.63, 3.8) is 0 Å². The molecule has 0 unspecified atom stereocenters. The summed E-state index contributed by atoms with van der Waals surface area (Å²) in [4.78, 5) is 13.5. The van der Waals surface area contributed by atoms with Gasteiger partial charge >= 0.3 is 5.97 Å². The summed E-state index contributed by atoms with van der Waals surface area (Å²) >= 11 is 0. The summed E-state index contributed by atoms with van der Waals surface area (Å²) in [5.41, 5.74) is 0.587. The van der Waals surface area contributed by atoms with Crippen molar-refractivity contribution in [2.24, 2.45) is 0 Å². The molecule has 1 aromatic rings. The third-order valence-corrected chi connectivity index (χ3v) is 6.39. The number of rotatable bonds is 6. The average Bonchev–Trinajstić information content (AvgIpc) is 2.99. The van der Waals surface area contributed by atoms with E-state index in [0.29, 0.717) is 18.7 Å². The van der Waals surface area contributed by atoms with Crippen molar-refractivity contribution in [2.75, 3.05) is 26.2 Å². The maximum Gasteiger partial charge on any atom is 0.335 e. The van der Waals surface area contributed by atoms with E-state index in [9.17, 15) is 18.3 Å². The van der Waals surface area contributed by atoms with E-state index in [4.69, 9.17) is 0 Å². The van der Waals surface area contributed by atoms with Crippen LogP contribution < -0.4 is 0 Å². The fourth-order valence-electron chi connectivity index (χ4n) is 3.11. The Balaban J connectivity index is 2.26. The highest BCUT2D eigenvalue weighted by atomic mass is 32.2. The average molecular weight is 340 g/mol. The Kier molecular flexibility index (Phi) is 5.44. The Morgan fingerprint density at radius 2 is 2.00 bits per heavy atom. The van der Waals surface area contributed by atoms with E-state index in [2.05, 4.69) is 18.7 Å². The van der Waals surface area contributed by atoms with E-state index >= 15 is 0 Å². The quantitative estimate of drug-likeness (QED) is 0.854. The molecule has 0 spiro atoms. The molecule has 0 saturated carbocycles. The van der Waals surface area contributed by atoms with Crippen molar-refractivity contribution in [1.82, 2.24) is 9.21 Å². The van der Waals surface area contributed by atoms with Gasteiger partial charge in [-0.25, -0.2) is 13.2 Å². The molecule has 0 aliphatic carbocycles. The zero-order valence-electron chi connectivity index (χ0n) is 13.8. The van der Waals surface area contributed by atoms with Gasteiger partial charge in [0.2, 0.25) is 10.0 Å². The van der Waals surface area contributed by atoms with E-state index in [1.165, 1.54) is 16.4 Å². The highest BCUT2D eigenvalue weighted by Crippen LogP contribution is 2.25. The lowest BCUT2D eigenvalue weighted by atomic mass is 10.1. The molecule has 128 valence electrons. The number of aryl methyl sites for hydroxylation is 1. The predicted molar refractivity (Wildman–Crippen MR) is 88.2 cm³/mol. The van der Waals surface area contributed by atoms with Crippen LogP contribution in [-0.2, 0) is 10.0 Å². The molecule has 1 heterocycles. The van der Waals surface area contributed by atoms with Crippen molar-refractivity contribution < 1.29 is 18.3 Å². The zero-order valence-corrected chi connectivity index (χ0v) is 14.6. The summed E-state index contributed by atoms with van der Waals surface area (Å²) in [5, 5.41) is 9.18. The second kappa shape index (κ2) is 6.98. The van der Waals surface area contributed by atoms with Gasteiger partial charge in [-0.2, -0.15) is 4.31 Å². The van der Waals surface area contributed by atoms with Gasteiger partial charge in [-0.3, -0.25) is 4.90 Å². The highest BCUT2D eigenvalue weighted by Gasteiger charge is 2.34. The number of likely N-dealkylation sites (N-methyl/N-ethyl adjacent to an activating group) is 1. The van der Waals surface area contributed by atoms with E-state index < -0.39 is 16.0 Å². The number of aromatic carboxylic acids is 1. The monoisotopic (exact) mass is 340 g/mol. The van der Waals surface area contributed by atoms with Gasteiger partial charge in [-0.15, -0.1) is 0 Å². The van der Waals surface area contributed by atoms with Crippen LogP contribution in [0.2, 0.25) is 0 Å². The summed E-state index contributed by atoms with van der Waals surface area (Å²) in [6, 6.07) is 4.53. The molecule has 1 aromatic carbocycles. The van der Waals surface area contributed by atoms with Crippen LogP contribution in [0, 0.1) is 6.92 Å². The van der Waals surface area contributed by atoms with Gasteiger partial charge in [0.15, 0.2) is 0 Å². The molecule has 23 heavy (non-hydrogen) atoms. The second-order valence-electron chi connectivity index (χ2n) is 5.81. The molecule has 6 nitrogen and oxygen atoms in total. The topological polar surface area (TPSA) is 77.9 Å². The first-order valence-electron chi connectivity index (χ1n) is 7.89. The van der Waals surface area contributed by atoms with Crippen LogP contribution in [0.1, 0.15) is 36.2 Å². The van der Waals surface area contributed by atoms with Gasteiger partial charge in [0.05, 0.1) is 10.5 Å². The molecule has 1 fully saturated rings. The Bertz CT molecular complexity index is 683. The molecular weight excluding hydrogens is 316 g/mol. The lowest BCUT2D eigenvalue weighted by Crippen LogP contribution is -2.38. The van der Waals surface area contributed by atoms with E-state index in [1.807, 2.05) is 0 Å². The van der Waals surface area contributed by atoms with Gasteiger partial charge in [0, 0.05) is 19.1 Å². The van der Waals surface area contributed by atoms with Crippen LogP contribution in [0.3, 0.4) is 0 Å². The van der Waals surface area contributed by atoms with Crippen LogP contribution in [-0.4, -0.2) is 60.9 Å². The number of carboxylic acids is 1. The van der Waals surface area contributed by atoms with E-state index in [-0.39, 0.29) is 16.5 Å². The predicted octanol–water partition coefficient (Wildman–Crippen LogP) is 1.80. The molecule has 7 heteroatoms. The molecule has 1 aliphatic heterocycles. The maximum atomic E-state index is 12.8. The molecule has 0 bridgehead atoms. The van der Waals surface area contributed by atoms with Crippen LogP contribution in [0.15, 0.2) is 23.1 Å². The van der Waals surface area contributed by atoms with Gasteiger partial charge < -0.3 is 5.11 Å². The molecule has 1 saturated heterocycles. The molecule has 1 atom stereocenters. The Morgan fingerprint density at radius 3 is 2.57 bits per heavy atom. The lowest BCUT2D eigenvalue weighted by molar-refractivity contribution is 0.0696. The number of carbonyl (C=O) groups is 1. The molecule has 2 rings (SSSR count). The molecule has 0 aromatic heterocycles. The van der Waals surface area contributed by atoms with Crippen LogP contribution in [0.5, 0.6) is 0 Å².